The number of hydrogen-bond acceptors (Lipinski definition) is 3. The molecule has 24 heavy (non-hydrogen) atoms. The predicted molar refractivity (Wildman–Crippen MR) is 89.6 cm³/mol. The summed E-state index contributed by atoms with van der Waals surface area (Å²) in [5.74, 6) is 0.211. The summed E-state index contributed by atoms with van der Waals surface area (Å²) >= 11 is 0. The van der Waals surface area contributed by atoms with Crippen LogP contribution in [0.15, 0.2) is 53.1 Å². The van der Waals surface area contributed by atoms with E-state index in [2.05, 4.69) is 5.32 Å². The summed E-state index contributed by atoms with van der Waals surface area (Å²) in [5.41, 5.74) is 1.07. The minimum atomic E-state index is -0.127. The Bertz CT molecular complexity index is 677. The summed E-state index contributed by atoms with van der Waals surface area (Å²) in [4.78, 5) is 28.0. The average Bonchev–Trinajstić information content (AvgIpc) is 3.16. The lowest BCUT2D eigenvalue weighted by molar-refractivity contribution is 0.0633. The fourth-order valence-corrected chi connectivity index (χ4v) is 2.77. The van der Waals surface area contributed by atoms with Crippen LogP contribution >= 0.6 is 0 Å². The van der Waals surface area contributed by atoms with Crippen LogP contribution in [0.25, 0.3) is 0 Å². The van der Waals surface area contributed by atoms with Gasteiger partial charge in [0.05, 0.1) is 12.3 Å². The molecule has 0 radical (unpaired) electrons. The maximum absolute atomic E-state index is 12.4. The average molecular weight is 327 g/mol. The second-order valence-corrected chi connectivity index (χ2v) is 5.84. The van der Waals surface area contributed by atoms with Gasteiger partial charge in [0.25, 0.3) is 5.91 Å². The van der Waals surface area contributed by atoms with Crippen molar-refractivity contribution in [3.05, 3.63) is 60.1 Å². The zero-order valence-corrected chi connectivity index (χ0v) is 13.6. The van der Waals surface area contributed by atoms with Gasteiger partial charge in [-0.1, -0.05) is 30.3 Å². The van der Waals surface area contributed by atoms with Gasteiger partial charge in [-0.25, -0.2) is 4.79 Å². The Hall–Kier alpha value is -2.76. The molecule has 3 rings (SSSR count). The maximum atomic E-state index is 12.4. The molecular formula is C18H21N3O3. The quantitative estimate of drug-likeness (QED) is 0.942. The lowest BCUT2D eigenvalue weighted by Gasteiger charge is -2.35. The van der Waals surface area contributed by atoms with Gasteiger partial charge >= 0.3 is 6.03 Å². The normalized spacial score (nSPS) is 15.9. The van der Waals surface area contributed by atoms with Gasteiger partial charge in [0, 0.05) is 26.2 Å². The Morgan fingerprint density at radius 1 is 1.00 bits per heavy atom. The van der Waals surface area contributed by atoms with E-state index < -0.39 is 0 Å². The summed E-state index contributed by atoms with van der Waals surface area (Å²) in [6.07, 6.45) is 1.49. The molecule has 6 heteroatoms. The lowest BCUT2D eigenvalue weighted by Crippen LogP contribution is -2.53. The van der Waals surface area contributed by atoms with Crippen LogP contribution in [-0.2, 0) is 0 Å². The third-order valence-corrected chi connectivity index (χ3v) is 4.23. The molecule has 0 bridgehead atoms. The first-order valence-electron chi connectivity index (χ1n) is 8.08. The van der Waals surface area contributed by atoms with Gasteiger partial charge < -0.3 is 19.5 Å². The molecule has 2 aromatic rings. The molecule has 0 spiro atoms. The van der Waals surface area contributed by atoms with E-state index >= 15 is 0 Å². The van der Waals surface area contributed by atoms with Crippen molar-refractivity contribution in [2.75, 3.05) is 26.2 Å². The molecule has 1 unspecified atom stereocenters. The molecular weight excluding hydrogens is 306 g/mol. The smallest absolute Gasteiger partial charge is 0.317 e. The number of nitrogens with one attached hydrogen (secondary N) is 1. The van der Waals surface area contributed by atoms with E-state index in [1.54, 1.807) is 21.9 Å². The number of hydrogen-bond donors (Lipinski definition) is 1. The molecule has 1 aliphatic heterocycles. The van der Waals surface area contributed by atoms with Crippen LogP contribution in [0.4, 0.5) is 4.79 Å². The number of amides is 3. The molecule has 0 saturated carbocycles. The van der Waals surface area contributed by atoms with Crippen LogP contribution in [0.3, 0.4) is 0 Å². The standard InChI is InChI=1S/C18H21N3O3/c1-14(15-6-3-2-4-7-15)19-18(23)21-11-9-20(10-12-21)17(22)16-8-5-13-24-16/h2-8,13-14H,9-12H2,1H3,(H,19,23). The molecule has 2 heterocycles. The maximum Gasteiger partial charge on any atom is 0.317 e. The minimum Gasteiger partial charge on any atom is -0.459 e. The molecule has 1 N–H and O–H groups in total. The number of furan rings is 1. The molecule has 6 nitrogen and oxygen atoms in total. The molecule has 126 valence electrons. The Labute approximate surface area is 141 Å². The lowest BCUT2D eigenvalue weighted by atomic mass is 10.1. The number of carbonyl (C=O) groups is 2. The van der Waals surface area contributed by atoms with Crippen molar-refractivity contribution < 1.29 is 14.0 Å². The van der Waals surface area contributed by atoms with E-state index in [0.29, 0.717) is 31.9 Å². The molecule has 1 aliphatic rings. The highest BCUT2D eigenvalue weighted by Gasteiger charge is 2.26. The zero-order valence-electron chi connectivity index (χ0n) is 13.6. The number of carbonyl (C=O) groups excluding carboxylic acids is 2. The van der Waals surface area contributed by atoms with Gasteiger partial charge in [0.1, 0.15) is 0 Å². The molecule has 1 atom stereocenters. The van der Waals surface area contributed by atoms with Crippen molar-refractivity contribution in [3.8, 4) is 0 Å². The monoisotopic (exact) mass is 327 g/mol. The molecule has 0 aliphatic carbocycles. The summed E-state index contributed by atoms with van der Waals surface area (Å²) in [6.45, 7) is 4.00. The summed E-state index contributed by atoms with van der Waals surface area (Å²) in [6, 6.07) is 13.0. The van der Waals surface area contributed by atoms with E-state index in [4.69, 9.17) is 4.42 Å². The highest BCUT2D eigenvalue weighted by Crippen LogP contribution is 2.13. The van der Waals surface area contributed by atoms with Crippen molar-refractivity contribution in [1.82, 2.24) is 15.1 Å². The fraction of sp³-hybridized carbons (Fsp3) is 0.333. The molecule has 1 saturated heterocycles. The van der Waals surface area contributed by atoms with Gasteiger partial charge in [-0.15, -0.1) is 0 Å². The van der Waals surface area contributed by atoms with E-state index in [1.165, 1.54) is 6.26 Å². The number of piperazine rings is 1. The number of nitrogens with zero attached hydrogens (tertiary/aromatic N) is 2. The summed E-state index contributed by atoms with van der Waals surface area (Å²) in [5, 5.41) is 3.00. The van der Waals surface area contributed by atoms with Crippen LogP contribution in [0, 0.1) is 0 Å². The van der Waals surface area contributed by atoms with Gasteiger partial charge in [-0.3, -0.25) is 4.79 Å². The first kappa shape index (κ1) is 16.1. The van der Waals surface area contributed by atoms with Crippen molar-refractivity contribution in [3.63, 3.8) is 0 Å². The topological polar surface area (TPSA) is 65.8 Å². The van der Waals surface area contributed by atoms with Crippen molar-refractivity contribution in [2.24, 2.45) is 0 Å². The first-order valence-corrected chi connectivity index (χ1v) is 8.08. The van der Waals surface area contributed by atoms with Crippen LogP contribution in [0.5, 0.6) is 0 Å². The van der Waals surface area contributed by atoms with Gasteiger partial charge in [0.15, 0.2) is 5.76 Å². The Morgan fingerprint density at radius 3 is 2.29 bits per heavy atom. The Morgan fingerprint density at radius 2 is 1.67 bits per heavy atom. The van der Waals surface area contributed by atoms with Crippen molar-refractivity contribution >= 4 is 11.9 Å². The minimum absolute atomic E-state index is 0.0542. The van der Waals surface area contributed by atoms with Crippen LogP contribution in [0.2, 0.25) is 0 Å². The second kappa shape index (κ2) is 7.21. The zero-order chi connectivity index (χ0) is 16.9. The van der Waals surface area contributed by atoms with Gasteiger partial charge in [-0.05, 0) is 24.6 Å². The fourth-order valence-electron chi connectivity index (χ4n) is 2.77. The van der Waals surface area contributed by atoms with Crippen LogP contribution < -0.4 is 5.32 Å². The molecule has 1 aromatic carbocycles. The van der Waals surface area contributed by atoms with E-state index in [-0.39, 0.29) is 18.0 Å². The van der Waals surface area contributed by atoms with Gasteiger partial charge in [0.2, 0.25) is 0 Å². The third-order valence-electron chi connectivity index (χ3n) is 4.23. The predicted octanol–water partition coefficient (Wildman–Crippen LogP) is 2.51. The SMILES string of the molecule is CC(NC(=O)N1CCN(C(=O)c2ccco2)CC1)c1ccccc1. The third kappa shape index (κ3) is 3.59. The Kier molecular flexibility index (Phi) is 4.84. The van der Waals surface area contributed by atoms with Gasteiger partial charge in [-0.2, -0.15) is 0 Å². The van der Waals surface area contributed by atoms with Crippen molar-refractivity contribution in [2.45, 2.75) is 13.0 Å². The molecule has 3 amide bonds. The highest BCUT2D eigenvalue weighted by atomic mass is 16.3. The Balaban J connectivity index is 1.51. The largest absolute Gasteiger partial charge is 0.459 e. The number of benzene rings is 1. The number of urea groups is 1. The molecule has 1 fully saturated rings. The highest BCUT2D eigenvalue weighted by molar-refractivity contribution is 5.91. The van der Waals surface area contributed by atoms with Crippen molar-refractivity contribution in [1.29, 1.82) is 0 Å². The first-order chi connectivity index (χ1) is 11.6. The summed E-state index contributed by atoms with van der Waals surface area (Å²) in [7, 11) is 0. The molecule has 1 aromatic heterocycles. The second-order valence-electron chi connectivity index (χ2n) is 5.84. The van der Waals surface area contributed by atoms with E-state index in [9.17, 15) is 9.59 Å². The number of rotatable bonds is 3. The van der Waals surface area contributed by atoms with E-state index in [0.717, 1.165) is 5.56 Å². The van der Waals surface area contributed by atoms with E-state index in [1.807, 2.05) is 37.3 Å². The van der Waals surface area contributed by atoms with Crippen LogP contribution in [-0.4, -0.2) is 47.9 Å². The van der Waals surface area contributed by atoms with Crippen LogP contribution in [0.1, 0.15) is 29.1 Å². The summed E-state index contributed by atoms with van der Waals surface area (Å²) < 4.78 is 5.14.